The lowest BCUT2D eigenvalue weighted by molar-refractivity contribution is 0.128. The molecule has 0 bridgehead atoms. The number of ether oxygens (including phenoxy) is 1. The third-order valence-corrected chi connectivity index (χ3v) is 1.82. The molecule has 0 aromatic rings. The van der Waals surface area contributed by atoms with E-state index < -0.39 is 0 Å². The second-order valence-corrected chi connectivity index (χ2v) is 2.60. The van der Waals surface area contributed by atoms with Gasteiger partial charge in [0.2, 0.25) is 0 Å². The van der Waals surface area contributed by atoms with Crippen LogP contribution in [0.15, 0.2) is 0 Å². The van der Waals surface area contributed by atoms with Crippen molar-refractivity contribution in [1.82, 2.24) is 9.80 Å². The van der Waals surface area contributed by atoms with E-state index in [2.05, 4.69) is 0 Å². The summed E-state index contributed by atoms with van der Waals surface area (Å²) in [5.74, 6) is 0. The molecule has 1 aliphatic rings. The second-order valence-electron chi connectivity index (χ2n) is 2.60. The van der Waals surface area contributed by atoms with Gasteiger partial charge in [0.1, 0.15) is 6.73 Å². The van der Waals surface area contributed by atoms with Gasteiger partial charge in [0.15, 0.2) is 0 Å². The van der Waals surface area contributed by atoms with Crippen molar-refractivity contribution in [3.8, 4) is 0 Å². The highest BCUT2D eigenvalue weighted by molar-refractivity contribution is 5.74. The maximum atomic E-state index is 11.3. The molecule has 0 atom stereocenters. The highest BCUT2D eigenvalue weighted by Crippen LogP contribution is 2.02. The van der Waals surface area contributed by atoms with Gasteiger partial charge < -0.3 is 9.64 Å². The number of carbonyl (C=O) groups excluding carboxylic acids is 1. The van der Waals surface area contributed by atoms with Crippen molar-refractivity contribution in [2.75, 3.05) is 33.5 Å². The number of hydrogen-bond donors (Lipinski definition) is 0. The quantitative estimate of drug-likeness (QED) is 0.551. The molecule has 0 unspecified atom stereocenters. The average Bonchev–Trinajstić information content (AvgIpc) is 2.53. The van der Waals surface area contributed by atoms with Gasteiger partial charge in [0, 0.05) is 20.1 Å². The van der Waals surface area contributed by atoms with Crippen LogP contribution in [0.2, 0.25) is 0 Å². The minimum atomic E-state index is 0.0602. The van der Waals surface area contributed by atoms with E-state index in [0.717, 1.165) is 13.1 Å². The van der Waals surface area contributed by atoms with E-state index >= 15 is 0 Å². The molecule has 4 nitrogen and oxygen atoms in total. The van der Waals surface area contributed by atoms with E-state index in [1.165, 1.54) is 0 Å². The molecule has 1 aliphatic heterocycles. The van der Waals surface area contributed by atoms with Crippen molar-refractivity contribution in [3.63, 3.8) is 0 Å². The Bertz CT molecular complexity index is 143. The molecule has 0 spiro atoms. The SMILES string of the molecule is CCN(C)C(=O)N1CCOC1. The van der Waals surface area contributed by atoms with Gasteiger partial charge in [-0.1, -0.05) is 0 Å². The van der Waals surface area contributed by atoms with Gasteiger partial charge in [-0.3, -0.25) is 4.90 Å². The van der Waals surface area contributed by atoms with Crippen LogP contribution in [-0.4, -0.2) is 49.3 Å². The fraction of sp³-hybridized carbons (Fsp3) is 0.857. The van der Waals surface area contributed by atoms with Gasteiger partial charge in [0.25, 0.3) is 0 Å². The summed E-state index contributed by atoms with van der Waals surface area (Å²) in [7, 11) is 1.79. The molecule has 0 aliphatic carbocycles. The fourth-order valence-electron chi connectivity index (χ4n) is 0.942. The molecular formula is C7H14N2O2. The lowest BCUT2D eigenvalue weighted by Gasteiger charge is -2.21. The molecule has 0 saturated carbocycles. The molecule has 0 aromatic carbocycles. The van der Waals surface area contributed by atoms with Crippen LogP contribution in [0.1, 0.15) is 6.92 Å². The van der Waals surface area contributed by atoms with Gasteiger partial charge in [-0.05, 0) is 6.92 Å². The Kier molecular flexibility index (Phi) is 2.70. The molecule has 1 heterocycles. The Balaban J connectivity index is 2.39. The summed E-state index contributed by atoms with van der Waals surface area (Å²) in [6.45, 7) is 4.54. The molecule has 0 aromatic heterocycles. The lowest BCUT2D eigenvalue weighted by Crippen LogP contribution is -2.39. The van der Waals surface area contributed by atoms with Gasteiger partial charge in [0.05, 0.1) is 6.61 Å². The minimum absolute atomic E-state index is 0.0602. The first-order chi connectivity index (χ1) is 5.25. The number of amides is 2. The summed E-state index contributed by atoms with van der Waals surface area (Å²) in [6, 6.07) is 0.0602. The standard InChI is InChI=1S/C7H14N2O2/c1-3-8(2)7(10)9-4-5-11-6-9/h3-6H2,1-2H3. The zero-order valence-corrected chi connectivity index (χ0v) is 7.04. The largest absolute Gasteiger partial charge is 0.359 e. The summed E-state index contributed by atoms with van der Waals surface area (Å²) < 4.78 is 5.05. The highest BCUT2D eigenvalue weighted by Gasteiger charge is 2.20. The Morgan fingerprint density at radius 3 is 2.91 bits per heavy atom. The van der Waals surface area contributed by atoms with Crippen molar-refractivity contribution >= 4 is 6.03 Å². The fourth-order valence-corrected chi connectivity index (χ4v) is 0.942. The first-order valence-corrected chi connectivity index (χ1v) is 3.83. The average molecular weight is 158 g/mol. The number of carbonyl (C=O) groups is 1. The molecule has 2 amide bonds. The van der Waals surface area contributed by atoms with Crippen molar-refractivity contribution in [3.05, 3.63) is 0 Å². The van der Waals surface area contributed by atoms with E-state index in [1.807, 2.05) is 6.92 Å². The second kappa shape index (κ2) is 3.57. The van der Waals surface area contributed by atoms with E-state index in [-0.39, 0.29) is 6.03 Å². The maximum absolute atomic E-state index is 11.3. The van der Waals surface area contributed by atoms with Crippen LogP contribution < -0.4 is 0 Å². The molecule has 1 fully saturated rings. The Morgan fingerprint density at radius 2 is 2.45 bits per heavy atom. The monoisotopic (exact) mass is 158 g/mol. The number of rotatable bonds is 1. The first kappa shape index (κ1) is 8.33. The van der Waals surface area contributed by atoms with Gasteiger partial charge in [-0.2, -0.15) is 0 Å². The predicted molar refractivity (Wildman–Crippen MR) is 41.2 cm³/mol. The number of hydrogen-bond acceptors (Lipinski definition) is 2. The Morgan fingerprint density at radius 1 is 1.73 bits per heavy atom. The topological polar surface area (TPSA) is 32.8 Å². The van der Waals surface area contributed by atoms with Gasteiger partial charge in [-0.15, -0.1) is 0 Å². The smallest absolute Gasteiger partial charge is 0.321 e. The molecule has 64 valence electrons. The van der Waals surface area contributed by atoms with Gasteiger partial charge in [-0.25, -0.2) is 4.79 Å². The summed E-state index contributed by atoms with van der Waals surface area (Å²) in [5.41, 5.74) is 0. The normalized spacial score (nSPS) is 17.1. The van der Waals surface area contributed by atoms with Crippen LogP contribution in [-0.2, 0) is 4.74 Å². The van der Waals surface area contributed by atoms with Crippen LogP contribution in [0.25, 0.3) is 0 Å². The van der Waals surface area contributed by atoms with Crippen molar-refractivity contribution in [1.29, 1.82) is 0 Å². The van der Waals surface area contributed by atoms with E-state index in [4.69, 9.17) is 4.74 Å². The summed E-state index contributed by atoms with van der Waals surface area (Å²) in [6.07, 6.45) is 0. The zero-order valence-electron chi connectivity index (χ0n) is 7.04. The lowest BCUT2D eigenvalue weighted by atomic mass is 10.6. The van der Waals surface area contributed by atoms with E-state index in [0.29, 0.717) is 13.3 Å². The predicted octanol–water partition coefficient (Wildman–Crippen LogP) is 0.348. The summed E-state index contributed by atoms with van der Waals surface area (Å²) in [5, 5.41) is 0. The van der Waals surface area contributed by atoms with Gasteiger partial charge >= 0.3 is 6.03 Å². The molecule has 0 radical (unpaired) electrons. The summed E-state index contributed by atoms with van der Waals surface area (Å²) >= 11 is 0. The third-order valence-electron chi connectivity index (χ3n) is 1.82. The first-order valence-electron chi connectivity index (χ1n) is 3.83. The zero-order chi connectivity index (χ0) is 8.27. The van der Waals surface area contributed by atoms with Crippen LogP contribution in [0.4, 0.5) is 4.79 Å². The molecule has 1 rings (SSSR count). The number of urea groups is 1. The van der Waals surface area contributed by atoms with Crippen molar-refractivity contribution in [2.24, 2.45) is 0 Å². The van der Waals surface area contributed by atoms with Crippen LogP contribution in [0.3, 0.4) is 0 Å². The van der Waals surface area contributed by atoms with Crippen molar-refractivity contribution < 1.29 is 9.53 Å². The molecule has 4 heteroatoms. The van der Waals surface area contributed by atoms with E-state index in [1.54, 1.807) is 16.8 Å². The number of nitrogens with zero attached hydrogens (tertiary/aromatic N) is 2. The summed E-state index contributed by atoms with van der Waals surface area (Å²) in [4.78, 5) is 14.7. The Labute approximate surface area is 66.7 Å². The van der Waals surface area contributed by atoms with Crippen molar-refractivity contribution in [2.45, 2.75) is 6.92 Å². The van der Waals surface area contributed by atoms with Crippen LogP contribution in [0.5, 0.6) is 0 Å². The van der Waals surface area contributed by atoms with Crippen LogP contribution >= 0.6 is 0 Å². The van der Waals surface area contributed by atoms with Crippen LogP contribution in [0, 0.1) is 0 Å². The third kappa shape index (κ3) is 1.83. The molecule has 0 N–H and O–H groups in total. The molecule has 1 saturated heterocycles. The molecule has 11 heavy (non-hydrogen) atoms. The minimum Gasteiger partial charge on any atom is -0.359 e. The highest BCUT2D eigenvalue weighted by atomic mass is 16.5. The molecular weight excluding hydrogens is 144 g/mol. The van der Waals surface area contributed by atoms with E-state index in [9.17, 15) is 4.79 Å². The maximum Gasteiger partial charge on any atom is 0.321 e. The Hall–Kier alpha value is -0.770.